The number of thiocarbonyl (C=S) groups is 1. The summed E-state index contributed by atoms with van der Waals surface area (Å²) in [4.78, 5) is 14.3. The van der Waals surface area contributed by atoms with Gasteiger partial charge in [-0.25, -0.2) is 0 Å². The topological polar surface area (TPSA) is 32.3 Å². The van der Waals surface area contributed by atoms with Crippen LogP contribution in [0, 0.1) is 0 Å². The van der Waals surface area contributed by atoms with Gasteiger partial charge in [-0.1, -0.05) is 24.3 Å². The molecular formula is C13H12N2OS2. The maximum Gasteiger partial charge on any atom is 0.267 e. The van der Waals surface area contributed by atoms with E-state index in [2.05, 4.69) is 5.32 Å². The third kappa shape index (κ3) is 2.94. The second-order valence-corrected chi connectivity index (χ2v) is 4.97. The number of thiophene rings is 1. The van der Waals surface area contributed by atoms with Crippen LogP contribution in [0.5, 0.6) is 0 Å². The highest BCUT2D eigenvalue weighted by Gasteiger charge is 2.12. The van der Waals surface area contributed by atoms with Gasteiger partial charge < -0.3 is 4.90 Å². The average Bonchev–Trinajstić information content (AvgIpc) is 2.92. The number of carbonyl (C=O) groups is 1. The summed E-state index contributed by atoms with van der Waals surface area (Å²) >= 11 is 6.60. The normalized spacial score (nSPS) is 9.83. The van der Waals surface area contributed by atoms with Crippen molar-refractivity contribution in [2.75, 3.05) is 11.9 Å². The second kappa shape index (κ2) is 5.75. The number of nitrogens with zero attached hydrogens (tertiary/aromatic N) is 1. The van der Waals surface area contributed by atoms with Crippen LogP contribution in [0.2, 0.25) is 0 Å². The summed E-state index contributed by atoms with van der Waals surface area (Å²) in [6.45, 7) is 0. The van der Waals surface area contributed by atoms with Crippen LogP contribution in [0.25, 0.3) is 0 Å². The summed E-state index contributed by atoms with van der Waals surface area (Å²) in [6.07, 6.45) is 0. The zero-order valence-electron chi connectivity index (χ0n) is 9.79. The molecular weight excluding hydrogens is 264 g/mol. The summed E-state index contributed by atoms with van der Waals surface area (Å²) in [5.41, 5.74) is 0.939. The van der Waals surface area contributed by atoms with Crippen LogP contribution in [0.4, 0.5) is 5.69 Å². The number of benzene rings is 1. The number of amides is 1. The first kappa shape index (κ1) is 12.7. The molecule has 2 aromatic rings. The molecule has 1 heterocycles. The molecule has 1 N–H and O–H groups in total. The molecule has 92 valence electrons. The molecule has 1 amide bonds. The standard InChI is InChI=1S/C13H12N2OS2/c1-15(10-6-3-2-4-7-10)13(17)14-12(16)11-8-5-9-18-11/h2-9H,1H3,(H,14,16,17). The summed E-state index contributed by atoms with van der Waals surface area (Å²) in [7, 11) is 1.83. The number of rotatable bonds is 2. The van der Waals surface area contributed by atoms with Gasteiger partial charge in [-0.3, -0.25) is 10.1 Å². The van der Waals surface area contributed by atoms with Crippen LogP contribution >= 0.6 is 23.6 Å². The lowest BCUT2D eigenvalue weighted by Crippen LogP contribution is -2.40. The van der Waals surface area contributed by atoms with E-state index in [1.54, 1.807) is 11.0 Å². The van der Waals surface area contributed by atoms with Crippen LogP contribution in [0.3, 0.4) is 0 Å². The van der Waals surface area contributed by atoms with Crippen LogP contribution in [-0.4, -0.2) is 18.1 Å². The molecule has 0 aliphatic rings. The van der Waals surface area contributed by atoms with Gasteiger partial charge in [-0.2, -0.15) is 0 Å². The van der Waals surface area contributed by atoms with E-state index < -0.39 is 0 Å². The Balaban J connectivity index is 2.02. The molecule has 1 aromatic carbocycles. The highest BCUT2D eigenvalue weighted by molar-refractivity contribution is 7.80. The largest absolute Gasteiger partial charge is 0.322 e. The Morgan fingerprint density at radius 2 is 1.94 bits per heavy atom. The van der Waals surface area contributed by atoms with Crippen molar-refractivity contribution in [1.29, 1.82) is 0 Å². The van der Waals surface area contributed by atoms with Crippen LogP contribution in [0.15, 0.2) is 47.8 Å². The monoisotopic (exact) mass is 276 g/mol. The van der Waals surface area contributed by atoms with E-state index >= 15 is 0 Å². The van der Waals surface area contributed by atoms with Gasteiger partial charge in [0.15, 0.2) is 5.11 Å². The van der Waals surface area contributed by atoms with Gasteiger partial charge in [0.25, 0.3) is 5.91 Å². The Hall–Kier alpha value is -1.72. The Labute approximate surface area is 115 Å². The molecule has 0 unspecified atom stereocenters. The first-order chi connectivity index (χ1) is 8.68. The second-order valence-electron chi connectivity index (χ2n) is 3.63. The lowest BCUT2D eigenvalue weighted by Gasteiger charge is -2.20. The zero-order chi connectivity index (χ0) is 13.0. The number of anilines is 1. The van der Waals surface area contributed by atoms with Crippen molar-refractivity contribution in [2.24, 2.45) is 0 Å². The highest BCUT2D eigenvalue weighted by Crippen LogP contribution is 2.12. The lowest BCUT2D eigenvalue weighted by molar-refractivity contribution is 0.0981. The van der Waals surface area contributed by atoms with Crippen molar-refractivity contribution in [3.05, 3.63) is 52.7 Å². The number of hydrogen-bond acceptors (Lipinski definition) is 3. The molecule has 0 radical (unpaired) electrons. The van der Waals surface area contributed by atoms with E-state index in [1.165, 1.54) is 11.3 Å². The van der Waals surface area contributed by atoms with Gasteiger partial charge in [0.2, 0.25) is 0 Å². The molecule has 0 fully saturated rings. The van der Waals surface area contributed by atoms with Crippen molar-refractivity contribution >= 4 is 40.3 Å². The lowest BCUT2D eigenvalue weighted by atomic mass is 10.3. The molecule has 1 aromatic heterocycles. The van der Waals surface area contributed by atoms with Gasteiger partial charge in [0.05, 0.1) is 4.88 Å². The fourth-order valence-electron chi connectivity index (χ4n) is 1.42. The number of para-hydroxylation sites is 1. The summed E-state index contributed by atoms with van der Waals surface area (Å²) in [6, 6.07) is 13.3. The van der Waals surface area contributed by atoms with E-state index in [-0.39, 0.29) is 5.91 Å². The minimum atomic E-state index is -0.169. The van der Waals surface area contributed by atoms with E-state index in [0.717, 1.165) is 5.69 Å². The Morgan fingerprint density at radius 1 is 1.22 bits per heavy atom. The van der Waals surface area contributed by atoms with Crippen molar-refractivity contribution in [3.8, 4) is 0 Å². The van der Waals surface area contributed by atoms with E-state index in [4.69, 9.17) is 12.2 Å². The summed E-state index contributed by atoms with van der Waals surface area (Å²) < 4.78 is 0. The predicted molar refractivity (Wildman–Crippen MR) is 79.2 cm³/mol. The first-order valence-electron chi connectivity index (χ1n) is 5.36. The quantitative estimate of drug-likeness (QED) is 0.856. The molecule has 0 spiro atoms. The molecule has 5 heteroatoms. The Morgan fingerprint density at radius 3 is 2.56 bits per heavy atom. The van der Waals surface area contributed by atoms with Crippen LogP contribution in [0.1, 0.15) is 9.67 Å². The molecule has 0 aliphatic heterocycles. The Kier molecular flexibility index (Phi) is 4.07. The van der Waals surface area contributed by atoms with Gasteiger partial charge in [0, 0.05) is 12.7 Å². The van der Waals surface area contributed by atoms with E-state index in [9.17, 15) is 4.79 Å². The minimum Gasteiger partial charge on any atom is -0.322 e. The number of nitrogens with one attached hydrogen (secondary N) is 1. The minimum absolute atomic E-state index is 0.169. The summed E-state index contributed by atoms with van der Waals surface area (Å²) in [5.74, 6) is -0.169. The molecule has 0 bridgehead atoms. The fraction of sp³-hybridized carbons (Fsp3) is 0.0769. The Bertz CT molecular complexity index is 537. The maximum atomic E-state index is 11.8. The predicted octanol–water partition coefficient (Wildman–Crippen LogP) is 2.90. The fourth-order valence-corrected chi connectivity index (χ4v) is 2.24. The molecule has 0 saturated heterocycles. The van der Waals surface area contributed by atoms with Crippen molar-refractivity contribution in [2.45, 2.75) is 0 Å². The van der Waals surface area contributed by atoms with Crippen molar-refractivity contribution < 1.29 is 4.79 Å². The SMILES string of the molecule is CN(C(=S)NC(=O)c1cccs1)c1ccccc1. The molecule has 2 rings (SSSR count). The highest BCUT2D eigenvalue weighted by atomic mass is 32.1. The number of hydrogen-bond donors (Lipinski definition) is 1. The number of carbonyl (C=O) groups excluding carboxylic acids is 1. The van der Waals surface area contributed by atoms with Crippen molar-refractivity contribution in [1.82, 2.24) is 5.32 Å². The molecule has 3 nitrogen and oxygen atoms in total. The van der Waals surface area contributed by atoms with Gasteiger partial charge >= 0.3 is 0 Å². The summed E-state index contributed by atoms with van der Waals surface area (Å²) in [5, 5.41) is 4.96. The first-order valence-corrected chi connectivity index (χ1v) is 6.65. The van der Waals surface area contributed by atoms with Gasteiger partial charge in [-0.05, 0) is 35.8 Å². The zero-order valence-corrected chi connectivity index (χ0v) is 11.4. The maximum absolute atomic E-state index is 11.8. The molecule has 0 atom stereocenters. The van der Waals surface area contributed by atoms with Crippen LogP contribution in [-0.2, 0) is 0 Å². The third-order valence-corrected chi connectivity index (χ3v) is 3.66. The molecule has 0 aliphatic carbocycles. The average molecular weight is 276 g/mol. The molecule has 18 heavy (non-hydrogen) atoms. The van der Waals surface area contributed by atoms with Crippen LogP contribution < -0.4 is 10.2 Å². The van der Waals surface area contributed by atoms with Crippen molar-refractivity contribution in [3.63, 3.8) is 0 Å². The smallest absolute Gasteiger partial charge is 0.267 e. The van der Waals surface area contributed by atoms with Gasteiger partial charge in [0.1, 0.15) is 0 Å². The molecule has 0 saturated carbocycles. The van der Waals surface area contributed by atoms with E-state index in [0.29, 0.717) is 9.99 Å². The third-order valence-electron chi connectivity index (χ3n) is 2.41. The van der Waals surface area contributed by atoms with Gasteiger partial charge in [-0.15, -0.1) is 11.3 Å². The van der Waals surface area contributed by atoms with E-state index in [1.807, 2.05) is 48.8 Å².